The van der Waals surface area contributed by atoms with Gasteiger partial charge in [-0.25, -0.2) is 9.97 Å². The quantitative estimate of drug-likeness (QED) is 0.376. The molecule has 1 aromatic heterocycles. The number of phenols is 2. The predicted octanol–water partition coefficient (Wildman–Crippen LogP) is 2.40. The number of hydrogen-bond acceptors (Lipinski definition) is 7. The Bertz CT molecular complexity index is 760. The molecular weight excluding hydrogens is 314 g/mol. The molecular formula is C16H17N3O3S. The molecule has 6 nitrogen and oxygen atoms in total. The van der Waals surface area contributed by atoms with E-state index in [0.29, 0.717) is 16.4 Å². The van der Waals surface area contributed by atoms with Crippen molar-refractivity contribution in [1.82, 2.24) is 14.9 Å². The Hall–Kier alpha value is -2.54. The van der Waals surface area contributed by atoms with Gasteiger partial charge in [0.2, 0.25) is 0 Å². The number of carbonyl (C=O) groups is 1. The van der Waals surface area contributed by atoms with E-state index >= 15 is 0 Å². The van der Waals surface area contributed by atoms with Crippen LogP contribution in [0.15, 0.2) is 41.8 Å². The third-order valence-electron chi connectivity index (χ3n) is 2.95. The minimum atomic E-state index is -0.387. The summed E-state index contributed by atoms with van der Waals surface area (Å²) in [5.74, 6) is -0.773. The number of hydrogen-bond donors (Lipinski definition) is 2. The number of nitrogens with zero attached hydrogens (tertiary/aromatic N) is 3. The molecule has 23 heavy (non-hydrogen) atoms. The molecule has 2 aromatic rings. The van der Waals surface area contributed by atoms with E-state index in [1.54, 1.807) is 37.5 Å². The third kappa shape index (κ3) is 4.01. The number of aromatic nitrogens is 2. The topological polar surface area (TPSA) is 86.6 Å². The fourth-order valence-corrected chi connectivity index (χ4v) is 2.30. The number of aromatic hydroxyl groups is 2. The summed E-state index contributed by atoms with van der Waals surface area (Å²) in [5, 5.41) is 19.9. The Labute approximate surface area is 138 Å². The summed E-state index contributed by atoms with van der Waals surface area (Å²) < 4.78 is 0. The molecule has 2 N–H and O–H groups in total. The zero-order valence-electron chi connectivity index (χ0n) is 13.0. The zero-order valence-corrected chi connectivity index (χ0v) is 13.8. The highest BCUT2D eigenvalue weighted by Gasteiger charge is 2.20. The molecule has 0 saturated heterocycles. The summed E-state index contributed by atoms with van der Waals surface area (Å²) >= 11 is 1.38. The maximum absolute atomic E-state index is 12.8. The first-order valence-electron chi connectivity index (χ1n) is 6.74. The summed E-state index contributed by atoms with van der Waals surface area (Å²) in [6, 6.07) is 5.51. The lowest BCUT2D eigenvalue weighted by molar-refractivity contribution is 0.105. The number of ketones is 1. The molecule has 0 aliphatic carbocycles. The molecule has 0 fully saturated rings. The van der Waals surface area contributed by atoms with Crippen molar-refractivity contribution in [1.29, 1.82) is 0 Å². The molecule has 120 valence electrons. The summed E-state index contributed by atoms with van der Waals surface area (Å²) in [5.41, 5.74) is 0.893. The fourth-order valence-electron chi connectivity index (χ4n) is 1.95. The van der Waals surface area contributed by atoms with Gasteiger partial charge in [0.15, 0.2) is 10.9 Å². The van der Waals surface area contributed by atoms with Crippen LogP contribution in [0.5, 0.6) is 11.5 Å². The van der Waals surface area contributed by atoms with E-state index in [1.165, 1.54) is 23.9 Å². The van der Waals surface area contributed by atoms with Crippen LogP contribution in [-0.4, -0.2) is 51.2 Å². The number of thioether (sulfide) groups is 1. The molecule has 0 spiro atoms. The number of Topliss-reactive ketones (excluding diaryl/α,β-unsaturated/α-hetero) is 1. The van der Waals surface area contributed by atoms with Gasteiger partial charge in [0.25, 0.3) is 0 Å². The lowest BCUT2D eigenvalue weighted by Gasteiger charge is -2.12. The van der Waals surface area contributed by atoms with Crippen molar-refractivity contribution < 1.29 is 15.0 Å². The fraction of sp³-hybridized carbons (Fsp3) is 0.188. The number of carbonyl (C=O) groups excluding carboxylic acids is 1. The monoisotopic (exact) mass is 331 g/mol. The molecule has 0 aliphatic heterocycles. The van der Waals surface area contributed by atoms with Crippen LogP contribution < -0.4 is 0 Å². The van der Waals surface area contributed by atoms with Crippen LogP contribution in [0.2, 0.25) is 0 Å². The predicted molar refractivity (Wildman–Crippen MR) is 89.6 cm³/mol. The zero-order chi connectivity index (χ0) is 17.0. The number of benzene rings is 1. The van der Waals surface area contributed by atoms with Gasteiger partial charge < -0.3 is 15.1 Å². The SMILES string of the molecule is CSc1nccc(/C(=C/N(C)C)C(=O)c2ccc(O)cc2O)n1. The Morgan fingerprint density at radius 3 is 2.61 bits per heavy atom. The van der Waals surface area contributed by atoms with E-state index in [9.17, 15) is 15.0 Å². The lowest BCUT2D eigenvalue weighted by atomic mass is 10.00. The Balaban J connectivity index is 2.52. The highest BCUT2D eigenvalue weighted by molar-refractivity contribution is 7.98. The van der Waals surface area contributed by atoms with Crippen LogP contribution >= 0.6 is 11.8 Å². The van der Waals surface area contributed by atoms with Crippen LogP contribution in [0.4, 0.5) is 0 Å². The first-order chi connectivity index (χ1) is 10.9. The second-order valence-electron chi connectivity index (χ2n) is 4.97. The second-order valence-corrected chi connectivity index (χ2v) is 5.74. The van der Waals surface area contributed by atoms with Crippen LogP contribution in [-0.2, 0) is 0 Å². The summed E-state index contributed by atoms with van der Waals surface area (Å²) in [6.45, 7) is 0. The standard InChI is InChI=1S/C16H17N3O3S/c1-19(2)9-12(13-6-7-17-16(18-13)23-3)15(22)11-5-4-10(20)8-14(11)21/h4-9,20-21H,1-3H3/b12-9-. The summed E-state index contributed by atoms with van der Waals surface area (Å²) in [7, 11) is 3.58. The minimum Gasteiger partial charge on any atom is -0.508 e. The molecule has 0 saturated carbocycles. The van der Waals surface area contributed by atoms with Gasteiger partial charge in [-0.2, -0.15) is 0 Å². The lowest BCUT2D eigenvalue weighted by Crippen LogP contribution is -2.11. The minimum absolute atomic E-state index is 0.0974. The van der Waals surface area contributed by atoms with Crippen LogP contribution in [0.1, 0.15) is 16.1 Å². The average molecular weight is 331 g/mol. The average Bonchev–Trinajstić information content (AvgIpc) is 2.52. The van der Waals surface area contributed by atoms with E-state index in [0.717, 1.165) is 6.07 Å². The van der Waals surface area contributed by atoms with Gasteiger partial charge in [-0.15, -0.1) is 0 Å². The van der Waals surface area contributed by atoms with Gasteiger partial charge in [-0.3, -0.25) is 4.79 Å². The smallest absolute Gasteiger partial charge is 0.200 e. The highest BCUT2D eigenvalue weighted by Crippen LogP contribution is 2.28. The van der Waals surface area contributed by atoms with E-state index in [-0.39, 0.29) is 22.8 Å². The molecule has 0 atom stereocenters. The number of allylic oxidation sites excluding steroid dienone is 1. The maximum atomic E-state index is 12.8. The molecule has 0 unspecified atom stereocenters. The molecule has 0 bridgehead atoms. The van der Waals surface area contributed by atoms with Crippen LogP contribution in [0, 0.1) is 0 Å². The van der Waals surface area contributed by atoms with E-state index in [2.05, 4.69) is 9.97 Å². The first-order valence-corrected chi connectivity index (χ1v) is 7.97. The molecule has 1 heterocycles. The van der Waals surface area contributed by atoms with Crippen LogP contribution in [0.25, 0.3) is 5.57 Å². The summed E-state index contributed by atoms with van der Waals surface area (Å²) in [6.07, 6.45) is 5.07. The maximum Gasteiger partial charge on any atom is 0.200 e. The van der Waals surface area contributed by atoms with Gasteiger partial charge in [0.05, 0.1) is 16.8 Å². The van der Waals surface area contributed by atoms with Gasteiger partial charge in [0.1, 0.15) is 11.5 Å². The van der Waals surface area contributed by atoms with Crippen molar-refractivity contribution in [2.24, 2.45) is 0 Å². The van der Waals surface area contributed by atoms with Gasteiger partial charge in [0, 0.05) is 32.6 Å². The molecule has 0 amide bonds. The van der Waals surface area contributed by atoms with Gasteiger partial charge in [-0.1, -0.05) is 11.8 Å². The van der Waals surface area contributed by atoms with Gasteiger partial charge >= 0.3 is 0 Å². The Morgan fingerprint density at radius 2 is 2.00 bits per heavy atom. The Morgan fingerprint density at radius 1 is 1.26 bits per heavy atom. The molecule has 2 rings (SSSR count). The Kier molecular flexibility index (Phi) is 5.23. The van der Waals surface area contributed by atoms with Crippen molar-refractivity contribution in [2.75, 3.05) is 20.4 Å². The number of rotatable bonds is 5. The molecule has 7 heteroatoms. The second kappa shape index (κ2) is 7.15. The van der Waals surface area contributed by atoms with E-state index in [4.69, 9.17) is 0 Å². The van der Waals surface area contributed by atoms with Crippen molar-refractivity contribution >= 4 is 23.1 Å². The normalized spacial score (nSPS) is 11.3. The van der Waals surface area contributed by atoms with Crippen molar-refractivity contribution in [3.05, 3.63) is 47.9 Å². The highest BCUT2D eigenvalue weighted by atomic mass is 32.2. The molecule has 1 aromatic carbocycles. The first kappa shape index (κ1) is 16.8. The van der Waals surface area contributed by atoms with E-state index < -0.39 is 0 Å². The summed E-state index contributed by atoms with van der Waals surface area (Å²) in [4.78, 5) is 23.0. The molecule has 0 aliphatic rings. The largest absolute Gasteiger partial charge is 0.508 e. The van der Waals surface area contributed by atoms with E-state index in [1.807, 2.05) is 6.26 Å². The van der Waals surface area contributed by atoms with Gasteiger partial charge in [-0.05, 0) is 24.5 Å². The van der Waals surface area contributed by atoms with Crippen molar-refractivity contribution in [3.63, 3.8) is 0 Å². The van der Waals surface area contributed by atoms with Crippen LogP contribution in [0.3, 0.4) is 0 Å². The third-order valence-corrected chi connectivity index (χ3v) is 3.51. The number of phenolic OH excluding ortho intramolecular Hbond substituents is 2. The molecule has 0 radical (unpaired) electrons. The van der Waals surface area contributed by atoms with Crippen molar-refractivity contribution in [3.8, 4) is 11.5 Å². The van der Waals surface area contributed by atoms with Crippen molar-refractivity contribution in [2.45, 2.75) is 5.16 Å².